The average molecular weight is 1050 g/mol. The highest BCUT2D eigenvalue weighted by Crippen LogP contribution is 2.46. The zero-order valence-corrected chi connectivity index (χ0v) is 44.9. The Morgan fingerprint density at radius 2 is 1.15 bits per heavy atom. The number of alkyl carbamates (subject to hydrolysis) is 2. The van der Waals surface area contributed by atoms with Gasteiger partial charge in [0.15, 0.2) is 0 Å². The third-order valence-electron chi connectivity index (χ3n) is 15.0. The minimum atomic E-state index is -1.21. The summed E-state index contributed by atoms with van der Waals surface area (Å²) in [5, 5.41) is 17.2. The summed E-state index contributed by atoms with van der Waals surface area (Å²) in [4.78, 5) is 71.1. The van der Waals surface area contributed by atoms with Crippen molar-refractivity contribution in [1.29, 1.82) is 0 Å². The molecule has 2 amide bonds. The first kappa shape index (κ1) is 52.8. The van der Waals surface area contributed by atoms with Crippen LogP contribution in [0.5, 0.6) is 0 Å². The molecular formula is C64H64N4O10. The molecular weight excluding hydrogens is 985 g/mol. The molecule has 0 saturated heterocycles. The fourth-order valence-corrected chi connectivity index (χ4v) is 11.2. The molecule has 6 aromatic carbocycles. The molecule has 14 nitrogen and oxygen atoms in total. The van der Waals surface area contributed by atoms with E-state index in [1.54, 1.807) is 33.2 Å². The van der Waals surface area contributed by atoms with E-state index in [1.807, 2.05) is 137 Å². The van der Waals surface area contributed by atoms with Crippen molar-refractivity contribution in [3.05, 3.63) is 190 Å². The number of nitrogens with zero attached hydrogens (tertiary/aromatic N) is 1. The molecule has 4 N–H and O–H groups in total. The Bertz CT molecular complexity index is 3590. The first-order valence-electron chi connectivity index (χ1n) is 26.4. The molecule has 2 aliphatic rings. The van der Waals surface area contributed by atoms with E-state index in [2.05, 4.69) is 33.8 Å². The Morgan fingerprint density at radius 1 is 0.615 bits per heavy atom. The number of para-hydroxylation sites is 2. The topological polar surface area (TPSA) is 187 Å². The van der Waals surface area contributed by atoms with E-state index in [0.29, 0.717) is 23.9 Å². The number of hydrogen-bond acceptors (Lipinski definition) is 9. The maximum Gasteiger partial charge on any atom is 0.419 e. The highest BCUT2D eigenvalue weighted by Gasteiger charge is 2.35. The Kier molecular flexibility index (Phi) is 14.5. The normalized spacial score (nSPS) is 14.4. The Labute approximate surface area is 453 Å². The van der Waals surface area contributed by atoms with Crippen molar-refractivity contribution in [2.24, 2.45) is 0 Å². The van der Waals surface area contributed by atoms with Crippen LogP contribution in [-0.2, 0) is 47.8 Å². The fourth-order valence-electron chi connectivity index (χ4n) is 11.2. The van der Waals surface area contributed by atoms with Crippen LogP contribution in [0.25, 0.3) is 44.1 Å². The molecule has 10 rings (SSSR count). The SMILES string of the molecule is Cc1cccc2c(C[C@H](NC(=O)OCC3c4ccccc4-c4cc(CCC(C)(C)OC(=O)[C@H](Cc5cn(C(=O)OC(C)(C)C)c6c(C)cccc56)NC(=O)OCC5c6ccccc6-c6ccccc65)ccc43)C(=O)O)c[nH]c12. The highest BCUT2D eigenvalue weighted by atomic mass is 16.6. The van der Waals surface area contributed by atoms with Crippen LogP contribution < -0.4 is 10.6 Å². The van der Waals surface area contributed by atoms with Gasteiger partial charge < -0.3 is 39.7 Å². The molecule has 14 heteroatoms. The number of carbonyl (C=O) groups excluding carboxylic acids is 4. The number of carboxylic acids is 1. The third-order valence-corrected chi connectivity index (χ3v) is 15.0. The van der Waals surface area contributed by atoms with E-state index >= 15 is 0 Å². The first-order chi connectivity index (χ1) is 37.3. The number of amides is 2. The maximum atomic E-state index is 14.6. The Hall–Kier alpha value is -8.65. The monoisotopic (exact) mass is 1050 g/mol. The van der Waals surface area contributed by atoms with Gasteiger partial charge in [0.05, 0.1) is 5.52 Å². The van der Waals surface area contributed by atoms with Crippen LogP contribution in [0.3, 0.4) is 0 Å². The molecule has 0 radical (unpaired) electrons. The van der Waals surface area contributed by atoms with Crippen molar-refractivity contribution >= 4 is 52.0 Å². The molecule has 0 aliphatic heterocycles. The maximum absolute atomic E-state index is 14.6. The number of carbonyl (C=O) groups is 5. The quantitative estimate of drug-likeness (QED) is 0.0536. The predicted molar refractivity (Wildman–Crippen MR) is 299 cm³/mol. The van der Waals surface area contributed by atoms with Crippen molar-refractivity contribution in [3.8, 4) is 22.3 Å². The minimum absolute atomic E-state index is 0.0107. The van der Waals surface area contributed by atoms with Crippen LogP contribution in [-0.4, -0.2) is 81.4 Å². The molecule has 2 aromatic heterocycles. The molecule has 0 bridgehead atoms. The highest BCUT2D eigenvalue weighted by molar-refractivity contribution is 5.95. The first-order valence-corrected chi connectivity index (χ1v) is 26.4. The summed E-state index contributed by atoms with van der Waals surface area (Å²) in [7, 11) is 0. The summed E-state index contributed by atoms with van der Waals surface area (Å²) in [6.07, 6.45) is 2.27. The van der Waals surface area contributed by atoms with Crippen molar-refractivity contribution < 1.29 is 48.0 Å². The number of hydrogen-bond donors (Lipinski definition) is 4. The second kappa shape index (κ2) is 21.4. The summed E-state index contributed by atoms with van der Waals surface area (Å²) in [5.74, 6) is -2.34. The van der Waals surface area contributed by atoms with Gasteiger partial charge >= 0.3 is 30.2 Å². The van der Waals surface area contributed by atoms with Gasteiger partial charge in [0.25, 0.3) is 0 Å². The van der Waals surface area contributed by atoms with Gasteiger partial charge in [0.1, 0.15) is 36.5 Å². The molecule has 0 fully saturated rings. The van der Waals surface area contributed by atoms with E-state index in [9.17, 15) is 29.1 Å². The average Bonchev–Trinajstić information content (AvgIpc) is 4.19. The van der Waals surface area contributed by atoms with Gasteiger partial charge in [-0.1, -0.05) is 127 Å². The zero-order valence-electron chi connectivity index (χ0n) is 44.9. The van der Waals surface area contributed by atoms with Crippen LogP contribution in [0.2, 0.25) is 0 Å². The second-order valence-corrected chi connectivity index (χ2v) is 22.1. The van der Waals surface area contributed by atoms with Gasteiger partial charge in [0.2, 0.25) is 0 Å². The molecule has 3 atom stereocenters. The summed E-state index contributed by atoms with van der Waals surface area (Å²) in [6.45, 7) is 13.0. The van der Waals surface area contributed by atoms with E-state index in [-0.39, 0.29) is 37.9 Å². The van der Waals surface area contributed by atoms with Gasteiger partial charge in [-0.15, -0.1) is 0 Å². The van der Waals surface area contributed by atoms with Crippen molar-refractivity contribution in [2.75, 3.05) is 13.2 Å². The number of aliphatic carboxylic acids is 1. The molecule has 8 aromatic rings. The van der Waals surface area contributed by atoms with E-state index < -0.39 is 53.5 Å². The molecule has 2 heterocycles. The number of nitrogens with one attached hydrogen (secondary N) is 3. The summed E-state index contributed by atoms with van der Waals surface area (Å²) < 4.78 is 25.3. The van der Waals surface area contributed by atoms with Crippen LogP contribution >= 0.6 is 0 Å². The molecule has 78 heavy (non-hydrogen) atoms. The van der Waals surface area contributed by atoms with Crippen molar-refractivity contribution in [3.63, 3.8) is 0 Å². The van der Waals surface area contributed by atoms with Crippen LogP contribution in [0.4, 0.5) is 14.4 Å². The lowest BCUT2D eigenvalue weighted by Gasteiger charge is -2.28. The number of H-pyrrole nitrogens is 1. The van der Waals surface area contributed by atoms with Crippen LogP contribution in [0.15, 0.2) is 140 Å². The lowest BCUT2D eigenvalue weighted by molar-refractivity contribution is -0.159. The van der Waals surface area contributed by atoms with Crippen LogP contribution in [0, 0.1) is 13.8 Å². The summed E-state index contributed by atoms with van der Waals surface area (Å²) >= 11 is 0. The number of aryl methyl sites for hydroxylation is 3. The molecule has 2 aliphatic carbocycles. The number of carboxylic acid groups (broad SMARTS) is 1. The summed E-state index contributed by atoms with van der Waals surface area (Å²) in [5.41, 5.74) is 12.2. The standard InChI is InChI=1S/C64H64N4O10/c1-37-16-14-24-42-40(33-65-56(37)42)31-54(58(69)70)66-60(72)75-36-53-49-23-13-10-20-46(49)51-30-39(26-27-50(51)53)28-29-64(6,7)77-59(71)55(32-41-34-68(62(74)78-63(3,4)5)57-38(2)17-15-25-43(41)57)67-61(73)76-35-52-47-21-11-8-18-44(47)45-19-9-12-22-48(45)52/h8-27,30,33-34,52-55,65H,28-29,31-32,35-36H2,1-7H3,(H,66,72)(H,67,73)(H,69,70)/t53?,54-,55-/m0/s1. The van der Waals surface area contributed by atoms with E-state index in [4.69, 9.17) is 18.9 Å². The third kappa shape index (κ3) is 11.0. The zero-order chi connectivity index (χ0) is 55.0. The largest absolute Gasteiger partial charge is 0.480 e. The Balaban J connectivity index is 0.833. The number of aromatic nitrogens is 2. The minimum Gasteiger partial charge on any atom is -0.480 e. The van der Waals surface area contributed by atoms with Gasteiger partial charge in [-0.3, -0.25) is 4.57 Å². The number of aromatic amines is 1. The van der Waals surface area contributed by atoms with Gasteiger partial charge in [-0.2, -0.15) is 0 Å². The van der Waals surface area contributed by atoms with E-state index in [1.165, 1.54) is 4.57 Å². The van der Waals surface area contributed by atoms with Crippen molar-refractivity contribution in [2.45, 2.75) is 109 Å². The molecule has 0 saturated carbocycles. The molecule has 0 spiro atoms. The van der Waals surface area contributed by atoms with Crippen molar-refractivity contribution in [1.82, 2.24) is 20.2 Å². The summed E-state index contributed by atoms with van der Waals surface area (Å²) in [6, 6.07) is 39.3. The predicted octanol–water partition coefficient (Wildman–Crippen LogP) is 12.5. The van der Waals surface area contributed by atoms with E-state index in [0.717, 1.165) is 83.1 Å². The lowest BCUT2D eigenvalue weighted by atomic mass is 9.94. The number of fused-ring (bicyclic) bond motifs is 8. The molecule has 400 valence electrons. The van der Waals surface area contributed by atoms with Gasteiger partial charge in [-0.25, -0.2) is 24.0 Å². The number of rotatable bonds is 16. The smallest absolute Gasteiger partial charge is 0.419 e. The number of esters is 1. The molecule has 1 unspecified atom stereocenters. The van der Waals surface area contributed by atoms with Gasteiger partial charge in [-0.05, 0) is 134 Å². The second-order valence-electron chi connectivity index (χ2n) is 22.1. The number of ether oxygens (including phenoxy) is 4. The van der Waals surface area contributed by atoms with Gasteiger partial charge in [0, 0.05) is 53.4 Å². The lowest BCUT2D eigenvalue weighted by Crippen LogP contribution is -2.46. The Morgan fingerprint density at radius 3 is 1.76 bits per heavy atom. The van der Waals surface area contributed by atoms with Crippen LogP contribution in [0.1, 0.15) is 103 Å². The fraction of sp³-hybridized carbons (Fsp3) is 0.297. The number of benzene rings is 6.